The van der Waals surface area contributed by atoms with E-state index in [0.717, 1.165) is 29.9 Å². The summed E-state index contributed by atoms with van der Waals surface area (Å²) in [7, 11) is 0. The first-order valence-electron chi connectivity index (χ1n) is 8.14. The first-order chi connectivity index (χ1) is 9.61. The number of hydrogen-bond donors (Lipinski definition) is 1. The maximum Gasteiger partial charge on any atom is 0.120 e. The Bertz CT molecular complexity index is 456. The molecular formula is C18H27NO. The average molecular weight is 273 g/mol. The first kappa shape index (κ1) is 13.9. The Morgan fingerprint density at radius 3 is 2.75 bits per heavy atom. The van der Waals surface area contributed by atoms with Crippen molar-refractivity contribution in [2.24, 2.45) is 23.5 Å². The molecule has 2 heteroatoms. The summed E-state index contributed by atoms with van der Waals surface area (Å²) >= 11 is 0. The summed E-state index contributed by atoms with van der Waals surface area (Å²) in [6, 6.07) is 8.51. The largest absolute Gasteiger partial charge is 0.491 e. The second-order valence-electron chi connectivity index (χ2n) is 7.02. The van der Waals surface area contributed by atoms with Crippen molar-refractivity contribution < 1.29 is 4.74 Å². The van der Waals surface area contributed by atoms with E-state index in [2.05, 4.69) is 32.0 Å². The molecule has 2 fully saturated rings. The van der Waals surface area contributed by atoms with Crippen molar-refractivity contribution in [2.75, 3.05) is 0 Å². The zero-order valence-electron chi connectivity index (χ0n) is 12.7. The highest BCUT2D eigenvalue weighted by atomic mass is 16.5. The molecule has 4 atom stereocenters. The number of fused-ring (bicyclic) bond motifs is 2. The monoisotopic (exact) mass is 273 g/mol. The molecule has 2 saturated carbocycles. The molecule has 1 aromatic carbocycles. The molecular weight excluding hydrogens is 246 g/mol. The van der Waals surface area contributed by atoms with E-state index in [0.29, 0.717) is 0 Å². The summed E-state index contributed by atoms with van der Waals surface area (Å²) in [6.07, 6.45) is 7.15. The predicted octanol–water partition coefficient (Wildman–Crippen LogP) is 4.30. The van der Waals surface area contributed by atoms with E-state index in [9.17, 15) is 0 Å². The van der Waals surface area contributed by atoms with Gasteiger partial charge in [0.05, 0.1) is 6.10 Å². The second-order valence-corrected chi connectivity index (χ2v) is 7.02. The molecule has 20 heavy (non-hydrogen) atoms. The number of ether oxygens (including phenoxy) is 1. The summed E-state index contributed by atoms with van der Waals surface area (Å²) in [5.41, 5.74) is 7.68. The molecule has 2 N–H and O–H groups in total. The van der Waals surface area contributed by atoms with Gasteiger partial charge in [0.25, 0.3) is 0 Å². The third-order valence-corrected chi connectivity index (χ3v) is 5.10. The van der Waals surface area contributed by atoms with Gasteiger partial charge in [0.1, 0.15) is 5.75 Å². The molecule has 0 amide bonds. The van der Waals surface area contributed by atoms with Gasteiger partial charge in [0.2, 0.25) is 0 Å². The molecule has 2 aliphatic rings. The molecule has 0 saturated heterocycles. The average Bonchev–Trinajstić information content (AvgIpc) is 3.00. The molecule has 0 aliphatic heterocycles. The lowest BCUT2D eigenvalue weighted by Crippen LogP contribution is -2.19. The van der Waals surface area contributed by atoms with Gasteiger partial charge in [0, 0.05) is 6.04 Å². The van der Waals surface area contributed by atoms with E-state index >= 15 is 0 Å². The van der Waals surface area contributed by atoms with Crippen molar-refractivity contribution >= 4 is 0 Å². The Morgan fingerprint density at radius 1 is 1.25 bits per heavy atom. The SMILES string of the molecule is CC(C)Oc1cccc(C(N)CC2CC3CCC2C3)c1. The van der Waals surface area contributed by atoms with E-state index in [1.54, 1.807) is 0 Å². The van der Waals surface area contributed by atoms with Crippen LogP contribution in [0.5, 0.6) is 5.75 Å². The molecule has 0 spiro atoms. The van der Waals surface area contributed by atoms with Gasteiger partial charge < -0.3 is 10.5 Å². The first-order valence-corrected chi connectivity index (χ1v) is 8.14. The van der Waals surface area contributed by atoms with E-state index < -0.39 is 0 Å². The molecule has 0 aromatic heterocycles. The van der Waals surface area contributed by atoms with Crippen LogP contribution in [-0.2, 0) is 0 Å². The summed E-state index contributed by atoms with van der Waals surface area (Å²) in [5, 5.41) is 0. The number of benzene rings is 1. The third-order valence-electron chi connectivity index (χ3n) is 5.10. The molecule has 2 nitrogen and oxygen atoms in total. The molecule has 2 aliphatic carbocycles. The van der Waals surface area contributed by atoms with Gasteiger partial charge in [-0.15, -0.1) is 0 Å². The standard InChI is InChI=1S/C18H27NO/c1-12(2)20-17-5-3-4-15(10-17)18(19)11-16-9-13-6-7-14(16)8-13/h3-5,10,12-14,16,18H,6-9,11,19H2,1-2H3. The van der Waals surface area contributed by atoms with Crippen molar-refractivity contribution in [1.29, 1.82) is 0 Å². The van der Waals surface area contributed by atoms with Crippen LogP contribution < -0.4 is 10.5 Å². The lowest BCUT2D eigenvalue weighted by atomic mass is 9.83. The molecule has 0 radical (unpaired) electrons. The van der Waals surface area contributed by atoms with Crippen LogP contribution in [0, 0.1) is 17.8 Å². The van der Waals surface area contributed by atoms with E-state index in [1.165, 1.54) is 31.2 Å². The van der Waals surface area contributed by atoms with E-state index in [1.807, 2.05) is 6.07 Å². The summed E-state index contributed by atoms with van der Waals surface area (Å²) in [5.74, 6) is 3.77. The van der Waals surface area contributed by atoms with Gasteiger partial charge >= 0.3 is 0 Å². The number of nitrogens with two attached hydrogens (primary N) is 1. The van der Waals surface area contributed by atoms with Crippen molar-refractivity contribution in [1.82, 2.24) is 0 Å². The van der Waals surface area contributed by atoms with Gasteiger partial charge in [0.15, 0.2) is 0 Å². The van der Waals surface area contributed by atoms with Crippen LogP contribution in [0.25, 0.3) is 0 Å². The molecule has 3 rings (SSSR count). The minimum atomic E-state index is 0.162. The Balaban J connectivity index is 1.63. The molecule has 0 heterocycles. The Morgan fingerprint density at radius 2 is 2.10 bits per heavy atom. The quantitative estimate of drug-likeness (QED) is 0.868. The highest BCUT2D eigenvalue weighted by Gasteiger charge is 2.39. The maximum atomic E-state index is 6.45. The number of hydrogen-bond acceptors (Lipinski definition) is 2. The smallest absolute Gasteiger partial charge is 0.120 e. The van der Waals surface area contributed by atoms with Crippen LogP contribution in [0.4, 0.5) is 0 Å². The van der Waals surface area contributed by atoms with Crippen molar-refractivity contribution in [2.45, 2.75) is 58.1 Å². The second kappa shape index (κ2) is 5.77. The highest BCUT2D eigenvalue weighted by Crippen LogP contribution is 2.50. The van der Waals surface area contributed by atoms with Crippen molar-refractivity contribution in [3.63, 3.8) is 0 Å². The minimum absolute atomic E-state index is 0.162. The molecule has 2 bridgehead atoms. The van der Waals surface area contributed by atoms with Crippen molar-refractivity contribution in [3.05, 3.63) is 29.8 Å². The Labute approximate surface area is 122 Å². The van der Waals surface area contributed by atoms with Gasteiger partial charge in [-0.2, -0.15) is 0 Å². The Kier molecular flexibility index (Phi) is 4.02. The fourth-order valence-corrected chi connectivity index (χ4v) is 4.22. The van der Waals surface area contributed by atoms with Gasteiger partial charge in [-0.25, -0.2) is 0 Å². The van der Waals surface area contributed by atoms with Gasteiger partial charge in [-0.1, -0.05) is 18.6 Å². The van der Waals surface area contributed by atoms with E-state index in [4.69, 9.17) is 10.5 Å². The van der Waals surface area contributed by atoms with Crippen LogP contribution >= 0.6 is 0 Å². The summed E-state index contributed by atoms with van der Waals surface area (Å²) < 4.78 is 5.77. The van der Waals surface area contributed by atoms with Crippen LogP contribution in [0.2, 0.25) is 0 Å². The lowest BCUT2D eigenvalue weighted by molar-refractivity contribution is 0.241. The van der Waals surface area contributed by atoms with Crippen LogP contribution in [-0.4, -0.2) is 6.10 Å². The fourth-order valence-electron chi connectivity index (χ4n) is 4.22. The van der Waals surface area contributed by atoms with E-state index in [-0.39, 0.29) is 12.1 Å². The minimum Gasteiger partial charge on any atom is -0.491 e. The van der Waals surface area contributed by atoms with Crippen molar-refractivity contribution in [3.8, 4) is 5.75 Å². The van der Waals surface area contributed by atoms with Crippen LogP contribution in [0.1, 0.15) is 57.6 Å². The van der Waals surface area contributed by atoms with Crippen LogP contribution in [0.15, 0.2) is 24.3 Å². The summed E-state index contributed by atoms with van der Waals surface area (Å²) in [4.78, 5) is 0. The molecule has 1 aromatic rings. The molecule has 4 unspecified atom stereocenters. The topological polar surface area (TPSA) is 35.2 Å². The predicted molar refractivity (Wildman–Crippen MR) is 82.7 cm³/mol. The third kappa shape index (κ3) is 3.01. The normalized spacial score (nSPS) is 29.9. The highest BCUT2D eigenvalue weighted by molar-refractivity contribution is 5.30. The van der Waals surface area contributed by atoms with Gasteiger partial charge in [-0.3, -0.25) is 0 Å². The maximum absolute atomic E-state index is 6.45. The zero-order valence-corrected chi connectivity index (χ0v) is 12.7. The number of rotatable bonds is 5. The zero-order chi connectivity index (χ0) is 14.1. The summed E-state index contributed by atoms with van der Waals surface area (Å²) in [6.45, 7) is 4.11. The lowest BCUT2D eigenvalue weighted by Gasteiger charge is -2.25. The van der Waals surface area contributed by atoms with Crippen LogP contribution in [0.3, 0.4) is 0 Å². The molecule has 110 valence electrons. The Hall–Kier alpha value is -1.02. The van der Waals surface area contributed by atoms with Gasteiger partial charge in [-0.05, 0) is 75.0 Å². The fraction of sp³-hybridized carbons (Fsp3) is 0.667.